The fourth-order valence-corrected chi connectivity index (χ4v) is 6.57. The average Bonchev–Trinajstić information content (AvgIpc) is 3.59. The van der Waals surface area contributed by atoms with Crippen molar-refractivity contribution in [2.24, 2.45) is 0 Å². The molecule has 0 spiro atoms. The molecule has 1 N–H and O–H groups in total. The van der Waals surface area contributed by atoms with Crippen LogP contribution >= 0.6 is 11.3 Å². The molecule has 0 radical (unpaired) electrons. The Bertz CT molecular complexity index is 1580. The van der Waals surface area contributed by atoms with E-state index in [1.165, 1.54) is 16.9 Å². The second kappa shape index (κ2) is 10.3. The highest BCUT2D eigenvalue weighted by molar-refractivity contribution is 7.21. The van der Waals surface area contributed by atoms with Crippen LogP contribution in [-0.2, 0) is 6.42 Å². The largest absolute Gasteiger partial charge is 0.461 e. The predicted molar refractivity (Wildman–Crippen MR) is 159 cm³/mol. The quantitative estimate of drug-likeness (QED) is 0.253. The van der Waals surface area contributed by atoms with Crippen LogP contribution in [0.15, 0.2) is 34.7 Å². The van der Waals surface area contributed by atoms with Gasteiger partial charge in [-0.05, 0) is 84.6 Å². The molecular weight excluding hydrogens is 506 g/mol. The highest BCUT2D eigenvalue weighted by atomic mass is 32.1. The van der Waals surface area contributed by atoms with Crippen LogP contribution < -0.4 is 5.32 Å². The van der Waals surface area contributed by atoms with Gasteiger partial charge in [-0.15, -0.1) is 11.3 Å². The molecule has 39 heavy (non-hydrogen) atoms. The van der Waals surface area contributed by atoms with E-state index in [0.717, 1.165) is 58.7 Å². The van der Waals surface area contributed by atoms with E-state index in [9.17, 15) is 9.59 Å². The van der Waals surface area contributed by atoms with Crippen molar-refractivity contribution in [2.75, 3.05) is 18.4 Å². The lowest BCUT2D eigenvalue weighted by Gasteiger charge is -2.24. The molecule has 6 nitrogen and oxygen atoms in total. The van der Waals surface area contributed by atoms with E-state index >= 15 is 0 Å². The summed E-state index contributed by atoms with van der Waals surface area (Å²) in [5.41, 5.74) is 5.57. The lowest BCUT2D eigenvalue weighted by Crippen LogP contribution is -2.30. The van der Waals surface area contributed by atoms with Crippen molar-refractivity contribution in [3.05, 3.63) is 68.9 Å². The van der Waals surface area contributed by atoms with Crippen LogP contribution in [0.1, 0.15) is 81.8 Å². The number of carbonyl (C=O) groups excluding carboxylic acids is 2. The van der Waals surface area contributed by atoms with Gasteiger partial charge < -0.3 is 14.6 Å². The number of likely N-dealkylation sites (tertiary alicyclic amines) is 1. The topological polar surface area (TPSA) is 75.4 Å². The number of aromatic nitrogens is 1. The summed E-state index contributed by atoms with van der Waals surface area (Å²) in [5, 5.41) is 4.39. The zero-order valence-corrected chi connectivity index (χ0v) is 24.8. The molecule has 4 heterocycles. The minimum absolute atomic E-state index is 0.0155. The third-order valence-corrected chi connectivity index (χ3v) is 8.29. The van der Waals surface area contributed by atoms with Gasteiger partial charge in [-0.25, -0.2) is 4.98 Å². The summed E-state index contributed by atoms with van der Waals surface area (Å²) in [6.45, 7) is 15.6. The minimum Gasteiger partial charge on any atom is -0.461 e. The molecule has 0 saturated carbocycles. The lowest BCUT2D eigenvalue weighted by atomic mass is 9.92. The predicted octanol–water partition coefficient (Wildman–Crippen LogP) is 7.66. The smallest absolute Gasteiger partial charge is 0.266 e. The number of rotatable bonds is 6. The van der Waals surface area contributed by atoms with Crippen LogP contribution in [0, 0.1) is 27.7 Å². The van der Waals surface area contributed by atoms with Crippen LogP contribution in [0.3, 0.4) is 0 Å². The van der Waals surface area contributed by atoms with E-state index in [2.05, 4.69) is 39.1 Å². The van der Waals surface area contributed by atoms with Crippen LogP contribution in [-0.4, -0.2) is 40.2 Å². The molecule has 0 atom stereocenters. The van der Waals surface area contributed by atoms with Crippen molar-refractivity contribution in [3.63, 3.8) is 0 Å². The number of anilines is 1. The van der Waals surface area contributed by atoms with E-state index < -0.39 is 0 Å². The van der Waals surface area contributed by atoms with Gasteiger partial charge in [0.2, 0.25) is 0 Å². The number of furan rings is 1. The van der Waals surface area contributed by atoms with Gasteiger partial charge in [0.25, 0.3) is 5.91 Å². The number of hydrogen-bond acceptors (Lipinski definition) is 6. The Morgan fingerprint density at radius 1 is 1.05 bits per heavy atom. The van der Waals surface area contributed by atoms with E-state index in [1.807, 2.05) is 49.9 Å². The van der Waals surface area contributed by atoms with E-state index in [1.54, 1.807) is 0 Å². The molecule has 4 aromatic rings. The van der Waals surface area contributed by atoms with Crippen molar-refractivity contribution in [3.8, 4) is 11.3 Å². The van der Waals surface area contributed by atoms with Crippen LogP contribution in [0.5, 0.6) is 0 Å². The van der Waals surface area contributed by atoms with Gasteiger partial charge in [0.1, 0.15) is 21.2 Å². The van der Waals surface area contributed by atoms with Crippen molar-refractivity contribution in [1.82, 2.24) is 9.88 Å². The number of ketones is 1. The van der Waals surface area contributed by atoms with Crippen molar-refractivity contribution >= 4 is 38.9 Å². The first kappa shape index (κ1) is 27.1. The van der Waals surface area contributed by atoms with E-state index in [4.69, 9.17) is 9.40 Å². The summed E-state index contributed by atoms with van der Waals surface area (Å²) in [7, 11) is 0. The van der Waals surface area contributed by atoms with Crippen molar-refractivity contribution < 1.29 is 14.0 Å². The Morgan fingerprint density at radius 3 is 2.38 bits per heavy atom. The number of carbonyl (C=O) groups is 2. The maximum absolute atomic E-state index is 14.1. The van der Waals surface area contributed by atoms with E-state index in [0.29, 0.717) is 27.5 Å². The second-order valence-corrected chi connectivity index (χ2v) is 12.7. The maximum atomic E-state index is 14.1. The molecule has 7 heteroatoms. The number of nitrogens with one attached hydrogen (secondary N) is 1. The fraction of sp³-hybridized carbons (Fsp3) is 0.406. The molecule has 1 aromatic carbocycles. The Morgan fingerprint density at radius 2 is 1.77 bits per heavy atom. The molecular formula is C32H37N3O3S. The number of pyridine rings is 1. The van der Waals surface area contributed by atoms with Crippen LogP contribution in [0.25, 0.3) is 21.5 Å². The number of benzene rings is 1. The molecule has 1 fully saturated rings. The summed E-state index contributed by atoms with van der Waals surface area (Å²) in [4.78, 5) is 36.1. The number of aryl methyl sites for hydroxylation is 4. The fourth-order valence-electron chi connectivity index (χ4n) is 5.41. The Hall–Kier alpha value is -3.45. The molecule has 1 amide bonds. The van der Waals surface area contributed by atoms with Gasteiger partial charge in [0, 0.05) is 36.0 Å². The van der Waals surface area contributed by atoms with Crippen LogP contribution in [0.4, 0.5) is 5.69 Å². The Balaban J connectivity index is 1.77. The Labute approximate surface area is 234 Å². The molecule has 1 saturated heterocycles. The Kier molecular flexibility index (Phi) is 7.14. The minimum atomic E-state index is -0.321. The summed E-state index contributed by atoms with van der Waals surface area (Å²) < 4.78 is 6.17. The van der Waals surface area contributed by atoms with Crippen molar-refractivity contribution in [2.45, 2.75) is 73.3 Å². The monoisotopic (exact) mass is 543 g/mol. The molecule has 1 aliphatic rings. The number of nitrogens with zero attached hydrogens (tertiary/aromatic N) is 2. The summed E-state index contributed by atoms with van der Waals surface area (Å²) in [6.07, 6.45) is 2.30. The first-order chi connectivity index (χ1) is 18.4. The van der Waals surface area contributed by atoms with Gasteiger partial charge in [-0.2, -0.15) is 0 Å². The zero-order valence-electron chi connectivity index (χ0n) is 23.9. The standard InChI is InChI=1S/C32H37N3O3S/c1-18-10-12-22(19(2)16-18)17-23(36)25-21(4)33-30-27(26(25)24-13-11-20(3)38-24)28(34-32(5,6)7)29(39-30)31(37)35-14-8-9-15-35/h10-13,16,34H,8-9,14-15,17H2,1-7H3. The van der Waals surface area contributed by atoms with Gasteiger partial charge in [0.15, 0.2) is 5.78 Å². The van der Waals surface area contributed by atoms with Gasteiger partial charge in [-0.3, -0.25) is 9.59 Å². The highest BCUT2D eigenvalue weighted by Crippen LogP contribution is 2.45. The normalized spacial score (nSPS) is 13.9. The number of hydrogen-bond donors (Lipinski definition) is 1. The SMILES string of the molecule is Cc1ccc(CC(=O)c2c(C)nc3sc(C(=O)N4CCCC4)c(NC(C)(C)C)c3c2-c2ccc(C)o2)c(C)c1. The average molecular weight is 544 g/mol. The van der Waals surface area contributed by atoms with E-state index in [-0.39, 0.29) is 23.7 Å². The number of thiophene rings is 1. The van der Waals surface area contributed by atoms with Gasteiger partial charge in [0.05, 0.1) is 16.9 Å². The highest BCUT2D eigenvalue weighted by Gasteiger charge is 2.32. The first-order valence-electron chi connectivity index (χ1n) is 13.6. The van der Waals surface area contributed by atoms with Gasteiger partial charge >= 0.3 is 0 Å². The summed E-state index contributed by atoms with van der Waals surface area (Å²) in [5.74, 6) is 1.37. The number of Topliss-reactive ketones (excluding diaryl/α,β-unsaturated/α-hetero) is 1. The van der Waals surface area contributed by atoms with Crippen LogP contribution in [0.2, 0.25) is 0 Å². The maximum Gasteiger partial charge on any atom is 0.266 e. The molecule has 1 aliphatic heterocycles. The number of amides is 1. The molecule has 204 valence electrons. The zero-order chi connectivity index (χ0) is 28.1. The molecule has 5 rings (SSSR count). The summed E-state index contributed by atoms with van der Waals surface area (Å²) >= 11 is 1.40. The molecule has 3 aromatic heterocycles. The van der Waals surface area contributed by atoms with Crippen molar-refractivity contribution in [1.29, 1.82) is 0 Å². The molecule has 0 bridgehead atoms. The third kappa shape index (κ3) is 5.37. The molecule has 0 unspecified atom stereocenters. The first-order valence-corrected chi connectivity index (χ1v) is 14.5. The number of fused-ring (bicyclic) bond motifs is 1. The summed E-state index contributed by atoms with van der Waals surface area (Å²) in [6, 6.07) is 10.0. The molecule has 0 aliphatic carbocycles. The lowest BCUT2D eigenvalue weighted by molar-refractivity contribution is 0.0798. The second-order valence-electron chi connectivity index (χ2n) is 11.7. The van der Waals surface area contributed by atoms with Gasteiger partial charge in [-0.1, -0.05) is 23.8 Å². The third-order valence-electron chi connectivity index (χ3n) is 7.22.